The molecule has 3 rings (SSSR count). The van der Waals surface area contributed by atoms with Crippen LogP contribution in [0.1, 0.15) is 38.3 Å². The van der Waals surface area contributed by atoms with Gasteiger partial charge in [-0.15, -0.1) is 19.0 Å². The van der Waals surface area contributed by atoms with E-state index in [1.54, 1.807) is 6.92 Å². The third-order valence-corrected chi connectivity index (χ3v) is 4.25. The Morgan fingerprint density at radius 2 is 2.17 bits per heavy atom. The number of rotatable bonds is 2. The number of carbonyl (C=O) groups excluding carboxylic acids is 1. The molecule has 134 valence electrons. The minimum atomic E-state index is -1.39. The van der Waals surface area contributed by atoms with Gasteiger partial charge in [-0.25, -0.2) is 0 Å². The number of anilines is 1. The molecule has 6 heteroatoms. The number of hydrogen-bond acceptors (Lipinski definition) is 4. The predicted molar refractivity (Wildman–Crippen MR) is 96.1 cm³/mol. The van der Waals surface area contributed by atoms with Crippen LogP contribution in [0.3, 0.4) is 0 Å². The summed E-state index contributed by atoms with van der Waals surface area (Å²) in [5.74, 6) is -0.302. The lowest BCUT2D eigenvalue weighted by atomic mass is 9.87. The second-order valence-electron chi connectivity index (χ2n) is 6.36. The summed E-state index contributed by atoms with van der Waals surface area (Å²) in [6, 6.07) is 5.89. The van der Waals surface area contributed by atoms with Gasteiger partial charge in [0.2, 0.25) is 0 Å². The fourth-order valence-corrected chi connectivity index (χ4v) is 3.35. The highest BCUT2D eigenvalue weighted by molar-refractivity contribution is 6.05. The Morgan fingerprint density at radius 1 is 1.54 bits per heavy atom. The van der Waals surface area contributed by atoms with Crippen molar-refractivity contribution in [1.29, 1.82) is 0 Å². The van der Waals surface area contributed by atoms with Crippen LogP contribution in [-0.2, 0) is 16.9 Å². The fraction of sp³-hybridized carbons (Fsp3) is 0.500. The molecule has 1 aromatic rings. The van der Waals surface area contributed by atoms with Crippen molar-refractivity contribution in [3.05, 3.63) is 41.5 Å². The van der Waals surface area contributed by atoms with Crippen molar-refractivity contribution in [2.45, 2.75) is 45.4 Å². The molecule has 2 aliphatic rings. The quantitative estimate of drug-likeness (QED) is 0.795. The van der Waals surface area contributed by atoms with Gasteiger partial charge < -0.3 is 15.5 Å². The molecule has 0 spiro atoms. The molecule has 0 aromatic heterocycles. The van der Waals surface area contributed by atoms with Crippen LogP contribution in [0.15, 0.2) is 30.4 Å². The molecule has 0 bridgehead atoms. The van der Waals surface area contributed by atoms with Crippen molar-refractivity contribution < 1.29 is 15.0 Å². The summed E-state index contributed by atoms with van der Waals surface area (Å²) in [5.41, 5.74) is 2.23. The molecule has 0 fully saturated rings. The predicted octanol–water partition coefficient (Wildman–Crippen LogP) is 1.78. The normalized spacial score (nSPS) is 24.7. The zero-order chi connectivity index (χ0) is 17.2. The molecule has 2 atom stereocenters. The van der Waals surface area contributed by atoms with E-state index in [1.165, 1.54) is 0 Å². The Kier molecular flexibility index (Phi) is 6.98. The molecular weight excluding hydrogens is 328 g/mol. The van der Waals surface area contributed by atoms with E-state index in [-0.39, 0.29) is 31.0 Å². The van der Waals surface area contributed by atoms with E-state index in [0.717, 1.165) is 35.5 Å². The van der Waals surface area contributed by atoms with Crippen LogP contribution in [0.2, 0.25) is 0 Å². The number of nitrogens with one attached hydrogen (secondary N) is 1. The zero-order valence-corrected chi connectivity index (χ0v) is 15.3. The SMILES string of the molecule is C=C(C)CN1Cc2cccc3c2C(O)(CC1C)C(=O)N3.CC[O-].Cl. The van der Waals surface area contributed by atoms with Crippen LogP contribution in [-0.4, -0.2) is 35.1 Å². The van der Waals surface area contributed by atoms with Gasteiger partial charge in [0, 0.05) is 36.8 Å². The molecule has 0 radical (unpaired) electrons. The maximum Gasteiger partial charge on any atom is 0.261 e. The first-order chi connectivity index (χ1) is 10.8. The van der Waals surface area contributed by atoms with Crippen LogP contribution in [0.25, 0.3) is 0 Å². The van der Waals surface area contributed by atoms with Crippen LogP contribution < -0.4 is 10.4 Å². The first-order valence-electron chi connectivity index (χ1n) is 7.96. The summed E-state index contributed by atoms with van der Waals surface area (Å²) in [4.78, 5) is 14.5. The zero-order valence-electron chi connectivity index (χ0n) is 14.5. The third-order valence-electron chi connectivity index (χ3n) is 4.25. The minimum Gasteiger partial charge on any atom is -0.855 e. The highest BCUT2D eigenvalue weighted by Crippen LogP contribution is 2.44. The lowest BCUT2D eigenvalue weighted by molar-refractivity contribution is -0.361. The maximum absolute atomic E-state index is 12.2. The Hall–Kier alpha value is -1.40. The number of amides is 1. The number of hydrogen-bond donors (Lipinski definition) is 2. The van der Waals surface area contributed by atoms with Crippen LogP contribution in [0, 0.1) is 0 Å². The summed E-state index contributed by atoms with van der Waals surface area (Å²) >= 11 is 0. The Bertz CT molecular complexity index is 620. The molecule has 0 saturated heterocycles. The Labute approximate surface area is 149 Å². The molecular formula is C18H26ClN2O3-. The first-order valence-corrected chi connectivity index (χ1v) is 7.96. The summed E-state index contributed by atoms with van der Waals surface area (Å²) in [6.45, 7) is 11.1. The lowest BCUT2D eigenvalue weighted by Crippen LogP contribution is -2.40. The molecule has 0 aliphatic carbocycles. The van der Waals surface area contributed by atoms with E-state index in [0.29, 0.717) is 6.42 Å². The van der Waals surface area contributed by atoms with Crippen molar-refractivity contribution in [3.8, 4) is 0 Å². The fourth-order valence-electron chi connectivity index (χ4n) is 3.35. The average molecular weight is 354 g/mol. The van der Waals surface area contributed by atoms with E-state index in [1.807, 2.05) is 25.1 Å². The molecule has 0 saturated carbocycles. The van der Waals surface area contributed by atoms with E-state index in [2.05, 4.69) is 23.7 Å². The number of carbonyl (C=O) groups is 1. The second kappa shape index (κ2) is 8.12. The standard InChI is InChI=1S/C16H20N2O2.C2H5O.ClH/c1-10(2)8-18-9-12-5-4-6-13-14(12)16(20,7-11(18)3)15(19)17-13;1-2-3;/h4-6,11,20H,1,7-9H2,2-3H3,(H,17,19);2H2,1H3;1H/q;-1;. The average Bonchev–Trinajstić information content (AvgIpc) is 2.64. The van der Waals surface area contributed by atoms with Crippen LogP contribution in [0.5, 0.6) is 0 Å². The van der Waals surface area contributed by atoms with E-state index >= 15 is 0 Å². The van der Waals surface area contributed by atoms with Gasteiger partial charge in [-0.1, -0.05) is 31.2 Å². The van der Waals surface area contributed by atoms with Gasteiger partial charge in [0.15, 0.2) is 5.60 Å². The molecule has 5 nitrogen and oxygen atoms in total. The number of aliphatic hydroxyl groups is 1. The van der Waals surface area contributed by atoms with E-state index in [9.17, 15) is 9.90 Å². The summed E-state index contributed by atoms with van der Waals surface area (Å²) < 4.78 is 0. The topological polar surface area (TPSA) is 75.6 Å². The van der Waals surface area contributed by atoms with Crippen molar-refractivity contribution >= 4 is 24.0 Å². The van der Waals surface area contributed by atoms with Gasteiger partial charge in [-0.2, -0.15) is 0 Å². The summed E-state index contributed by atoms with van der Waals surface area (Å²) in [6.07, 6.45) is 0.413. The molecule has 2 unspecified atom stereocenters. The first kappa shape index (κ1) is 20.6. The van der Waals surface area contributed by atoms with Gasteiger partial charge in [0.1, 0.15) is 0 Å². The highest BCUT2D eigenvalue weighted by atomic mass is 35.5. The van der Waals surface area contributed by atoms with E-state index in [4.69, 9.17) is 5.11 Å². The number of nitrogens with zero attached hydrogens (tertiary/aromatic N) is 1. The highest BCUT2D eigenvalue weighted by Gasteiger charge is 2.49. The summed E-state index contributed by atoms with van der Waals surface area (Å²) in [7, 11) is 0. The largest absolute Gasteiger partial charge is 0.855 e. The van der Waals surface area contributed by atoms with Gasteiger partial charge in [-0.3, -0.25) is 9.69 Å². The van der Waals surface area contributed by atoms with Gasteiger partial charge in [-0.05, 0) is 25.5 Å². The van der Waals surface area contributed by atoms with Crippen LogP contribution in [0.4, 0.5) is 5.69 Å². The second-order valence-corrected chi connectivity index (χ2v) is 6.36. The minimum absolute atomic E-state index is 0. The van der Waals surface area contributed by atoms with Crippen molar-refractivity contribution in [3.63, 3.8) is 0 Å². The molecule has 2 aliphatic heterocycles. The molecule has 1 aromatic carbocycles. The summed E-state index contributed by atoms with van der Waals surface area (Å²) in [5, 5.41) is 22.6. The van der Waals surface area contributed by atoms with E-state index < -0.39 is 5.60 Å². The number of benzene rings is 1. The Morgan fingerprint density at radius 3 is 2.75 bits per heavy atom. The maximum atomic E-state index is 12.2. The third kappa shape index (κ3) is 3.81. The van der Waals surface area contributed by atoms with Crippen molar-refractivity contribution in [2.24, 2.45) is 0 Å². The van der Waals surface area contributed by atoms with Crippen molar-refractivity contribution in [2.75, 3.05) is 18.5 Å². The number of halogens is 1. The molecule has 2 N–H and O–H groups in total. The smallest absolute Gasteiger partial charge is 0.261 e. The molecule has 2 heterocycles. The van der Waals surface area contributed by atoms with Gasteiger partial charge >= 0.3 is 0 Å². The van der Waals surface area contributed by atoms with Crippen LogP contribution >= 0.6 is 12.4 Å². The van der Waals surface area contributed by atoms with Gasteiger partial charge in [0.05, 0.1) is 0 Å². The monoisotopic (exact) mass is 353 g/mol. The Balaban J connectivity index is 0.000000671. The lowest BCUT2D eigenvalue weighted by Gasteiger charge is -2.29. The van der Waals surface area contributed by atoms with Crippen molar-refractivity contribution in [1.82, 2.24) is 4.90 Å². The molecule has 24 heavy (non-hydrogen) atoms. The molecule has 1 amide bonds. The van der Waals surface area contributed by atoms with Gasteiger partial charge in [0.25, 0.3) is 5.91 Å².